The largest absolute Gasteiger partial charge is 0.296 e. The molecule has 1 aliphatic rings. The van der Waals surface area contributed by atoms with Gasteiger partial charge in [-0.3, -0.25) is 10.1 Å². The molecule has 0 bridgehead atoms. The highest BCUT2D eigenvalue weighted by Crippen LogP contribution is 2.32. The van der Waals surface area contributed by atoms with E-state index >= 15 is 0 Å². The summed E-state index contributed by atoms with van der Waals surface area (Å²) in [5.74, 6) is 0.0838. The molecule has 1 amide bonds. The van der Waals surface area contributed by atoms with Gasteiger partial charge in [0, 0.05) is 11.1 Å². The highest BCUT2D eigenvalue weighted by molar-refractivity contribution is 7.18. The summed E-state index contributed by atoms with van der Waals surface area (Å²) in [6, 6.07) is 13.9. The van der Waals surface area contributed by atoms with Crippen molar-refractivity contribution in [3.63, 3.8) is 0 Å². The Morgan fingerprint density at radius 3 is 2.41 bits per heavy atom. The lowest BCUT2D eigenvalue weighted by Gasteiger charge is -2.21. The van der Waals surface area contributed by atoms with Crippen LogP contribution in [-0.4, -0.2) is 16.1 Å². The number of rotatable bonds is 4. The van der Waals surface area contributed by atoms with E-state index in [1.165, 1.54) is 54.7 Å². The van der Waals surface area contributed by atoms with Gasteiger partial charge >= 0.3 is 0 Å². The van der Waals surface area contributed by atoms with Gasteiger partial charge in [-0.15, -0.1) is 10.2 Å². The number of carbonyl (C=O) groups excluding carboxylic acids is 1. The first-order valence-corrected chi connectivity index (χ1v) is 9.83. The molecule has 1 heterocycles. The van der Waals surface area contributed by atoms with Crippen molar-refractivity contribution in [3.8, 4) is 10.6 Å². The average Bonchev–Trinajstić information content (AvgIpc) is 3.18. The van der Waals surface area contributed by atoms with Crippen LogP contribution in [0.25, 0.3) is 10.6 Å². The van der Waals surface area contributed by atoms with Crippen LogP contribution in [0.15, 0.2) is 48.5 Å². The summed E-state index contributed by atoms with van der Waals surface area (Å²) >= 11 is 1.26. The van der Waals surface area contributed by atoms with Crippen molar-refractivity contribution in [1.29, 1.82) is 0 Å². The summed E-state index contributed by atoms with van der Waals surface area (Å²) in [6.07, 6.45) is 7.05. The summed E-state index contributed by atoms with van der Waals surface area (Å²) in [4.78, 5) is 12.5. The molecule has 0 unspecified atom stereocenters. The Kier molecular flexibility index (Phi) is 5.25. The Hall–Kier alpha value is -2.60. The Morgan fingerprint density at radius 2 is 1.70 bits per heavy atom. The van der Waals surface area contributed by atoms with Crippen LogP contribution < -0.4 is 5.32 Å². The number of halogens is 1. The van der Waals surface area contributed by atoms with Gasteiger partial charge in [0.2, 0.25) is 5.13 Å². The highest BCUT2D eigenvalue weighted by Gasteiger charge is 2.16. The summed E-state index contributed by atoms with van der Waals surface area (Å²) in [6.45, 7) is 0. The molecule has 0 aliphatic heterocycles. The van der Waals surface area contributed by atoms with Crippen LogP contribution in [0, 0.1) is 12.2 Å². The first-order valence-electron chi connectivity index (χ1n) is 9.01. The second-order valence-corrected chi connectivity index (χ2v) is 7.61. The molecule has 4 nitrogen and oxygen atoms in total. The Morgan fingerprint density at radius 1 is 1.00 bits per heavy atom. The van der Waals surface area contributed by atoms with Crippen molar-refractivity contribution in [2.45, 2.75) is 31.6 Å². The fourth-order valence-electron chi connectivity index (χ4n) is 3.32. The van der Waals surface area contributed by atoms with E-state index in [1.54, 1.807) is 12.1 Å². The quantitative estimate of drug-likeness (QED) is 0.654. The zero-order valence-corrected chi connectivity index (χ0v) is 15.5. The maximum atomic E-state index is 13.0. The van der Waals surface area contributed by atoms with Crippen LogP contribution in [0.5, 0.6) is 0 Å². The lowest BCUT2D eigenvalue weighted by atomic mass is 9.84. The number of benzene rings is 2. The summed E-state index contributed by atoms with van der Waals surface area (Å²) in [7, 11) is 0. The van der Waals surface area contributed by atoms with Gasteiger partial charge in [0.25, 0.3) is 5.91 Å². The number of nitrogens with zero attached hydrogens (tertiary/aromatic N) is 2. The first-order chi connectivity index (χ1) is 13.2. The normalized spacial score (nSPS) is 14.9. The van der Waals surface area contributed by atoms with Crippen LogP contribution in [0.3, 0.4) is 0 Å². The SMILES string of the molecule is O=C(Nc1nnc(-c2ccc(F)cc2)s1)c1ccc(C2CC[CH]CC2)cc1. The number of nitrogens with one attached hydrogen (secondary N) is 1. The van der Waals surface area contributed by atoms with E-state index in [4.69, 9.17) is 0 Å². The Balaban J connectivity index is 1.42. The van der Waals surface area contributed by atoms with Gasteiger partial charge < -0.3 is 0 Å². The summed E-state index contributed by atoms with van der Waals surface area (Å²) in [5.41, 5.74) is 2.66. The molecule has 0 saturated heterocycles. The summed E-state index contributed by atoms with van der Waals surface area (Å²) in [5, 5.41) is 11.9. The third-order valence-corrected chi connectivity index (χ3v) is 5.71. The molecule has 0 atom stereocenters. The molecule has 1 aromatic heterocycles. The molecule has 3 aromatic rings. The molecule has 4 rings (SSSR count). The molecule has 1 saturated carbocycles. The zero-order valence-electron chi connectivity index (χ0n) is 14.7. The number of hydrogen-bond donors (Lipinski definition) is 1. The van der Waals surface area contributed by atoms with Gasteiger partial charge in [-0.1, -0.05) is 23.5 Å². The lowest BCUT2D eigenvalue weighted by molar-refractivity contribution is 0.102. The smallest absolute Gasteiger partial charge is 0.257 e. The van der Waals surface area contributed by atoms with E-state index in [0.29, 0.717) is 21.6 Å². The van der Waals surface area contributed by atoms with Crippen molar-refractivity contribution in [1.82, 2.24) is 10.2 Å². The van der Waals surface area contributed by atoms with E-state index in [9.17, 15) is 9.18 Å². The van der Waals surface area contributed by atoms with Crippen molar-refractivity contribution in [3.05, 3.63) is 71.9 Å². The zero-order chi connectivity index (χ0) is 18.6. The van der Waals surface area contributed by atoms with Crippen molar-refractivity contribution in [2.75, 3.05) is 5.32 Å². The second-order valence-electron chi connectivity index (χ2n) is 6.64. The Bertz CT molecular complexity index is 915. The number of anilines is 1. The number of amides is 1. The van der Waals surface area contributed by atoms with Crippen molar-refractivity contribution < 1.29 is 9.18 Å². The van der Waals surface area contributed by atoms with E-state index in [0.717, 1.165) is 5.56 Å². The predicted octanol–water partition coefficient (Wildman–Crippen LogP) is 5.46. The first kappa shape index (κ1) is 17.8. The minimum absolute atomic E-state index is 0.208. The summed E-state index contributed by atoms with van der Waals surface area (Å²) < 4.78 is 13.0. The second kappa shape index (κ2) is 7.96. The highest BCUT2D eigenvalue weighted by atomic mass is 32.1. The van der Waals surface area contributed by atoms with Gasteiger partial charge in [-0.05, 0) is 80.0 Å². The predicted molar refractivity (Wildman–Crippen MR) is 105 cm³/mol. The molecule has 6 heteroatoms. The maximum absolute atomic E-state index is 13.0. The van der Waals surface area contributed by atoms with Crippen LogP contribution in [0.2, 0.25) is 0 Å². The van der Waals surface area contributed by atoms with E-state index in [1.807, 2.05) is 12.1 Å². The van der Waals surface area contributed by atoms with E-state index in [2.05, 4.69) is 34.1 Å². The van der Waals surface area contributed by atoms with Gasteiger partial charge in [0.05, 0.1) is 0 Å². The molecule has 2 aromatic carbocycles. The lowest BCUT2D eigenvalue weighted by Crippen LogP contribution is -2.12. The van der Waals surface area contributed by atoms with Gasteiger partial charge in [-0.25, -0.2) is 4.39 Å². The molecule has 1 N–H and O–H groups in total. The average molecular weight is 380 g/mol. The molecule has 1 fully saturated rings. The van der Waals surface area contributed by atoms with E-state index in [-0.39, 0.29) is 11.7 Å². The number of carbonyl (C=O) groups is 1. The van der Waals surface area contributed by atoms with Crippen LogP contribution in [-0.2, 0) is 0 Å². The fourth-order valence-corrected chi connectivity index (χ4v) is 4.06. The molecular weight excluding hydrogens is 361 g/mol. The Labute approximate surface area is 161 Å². The molecule has 1 radical (unpaired) electrons. The standard InChI is InChI=1S/C21H19FN3OS/c22-18-12-10-17(11-13-18)20-24-25-21(27-20)23-19(26)16-8-6-15(7-9-16)14-4-2-1-3-5-14/h1,6-14H,2-5H2,(H,23,25,26). The van der Waals surface area contributed by atoms with Gasteiger partial charge in [-0.2, -0.15) is 0 Å². The third kappa shape index (κ3) is 4.22. The van der Waals surface area contributed by atoms with Gasteiger partial charge in [0.1, 0.15) is 10.8 Å². The maximum Gasteiger partial charge on any atom is 0.257 e. The molecule has 27 heavy (non-hydrogen) atoms. The minimum atomic E-state index is -0.299. The van der Waals surface area contributed by atoms with Crippen LogP contribution in [0.1, 0.15) is 47.5 Å². The van der Waals surface area contributed by atoms with Crippen LogP contribution in [0.4, 0.5) is 9.52 Å². The van der Waals surface area contributed by atoms with Crippen molar-refractivity contribution >= 4 is 22.4 Å². The number of aromatic nitrogens is 2. The molecular formula is C21H19FN3OS. The minimum Gasteiger partial charge on any atom is -0.296 e. The fraction of sp³-hybridized carbons (Fsp3) is 0.238. The number of hydrogen-bond acceptors (Lipinski definition) is 4. The van der Waals surface area contributed by atoms with Crippen molar-refractivity contribution in [2.24, 2.45) is 0 Å². The monoisotopic (exact) mass is 380 g/mol. The molecule has 1 aliphatic carbocycles. The topological polar surface area (TPSA) is 54.9 Å². The van der Waals surface area contributed by atoms with Crippen LogP contribution >= 0.6 is 11.3 Å². The molecule has 137 valence electrons. The van der Waals surface area contributed by atoms with E-state index < -0.39 is 0 Å². The third-order valence-electron chi connectivity index (χ3n) is 4.82. The molecule has 0 spiro atoms. The van der Waals surface area contributed by atoms with Gasteiger partial charge in [0.15, 0.2) is 0 Å².